The lowest BCUT2D eigenvalue weighted by atomic mass is 10.0. The second kappa shape index (κ2) is 9.11. The van der Waals surface area contributed by atoms with E-state index in [1.807, 2.05) is 13.0 Å². The fourth-order valence-corrected chi connectivity index (χ4v) is 2.85. The van der Waals surface area contributed by atoms with Gasteiger partial charge in [-0.25, -0.2) is 4.79 Å². The monoisotopic (exact) mass is 347 g/mol. The second-order valence-corrected chi connectivity index (χ2v) is 6.18. The average Bonchev–Trinajstić information content (AvgIpc) is 2.58. The van der Waals surface area contributed by atoms with Crippen LogP contribution in [0.4, 0.5) is 0 Å². The third-order valence-corrected chi connectivity index (χ3v) is 4.22. The Morgan fingerprint density at radius 3 is 2.76 bits per heavy atom. The largest absolute Gasteiger partial charge is 0.507 e. The lowest BCUT2D eigenvalue weighted by Gasteiger charge is -2.16. The number of cyclic esters (lactones) is 1. The molecule has 6 heteroatoms. The van der Waals surface area contributed by atoms with Crippen LogP contribution in [0, 0.1) is 0 Å². The molecule has 0 aliphatic carbocycles. The maximum Gasteiger partial charge on any atom is 0.342 e. The van der Waals surface area contributed by atoms with Crippen molar-refractivity contribution < 1.29 is 24.6 Å². The van der Waals surface area contributed by atoms with Crippen LogP contribution in [0.1, 0.15) is 61.4 Å². The van der Waals surface area contributed by atoms with Crippen LogP contribution in [0.15, 0.2) is 23.4 Å². The summed E-state index contributed by atoms with van der Waals surface area (Å²) in [6, 6.07) is 3.11. The normalized spacial score (nSPS) is 21.3. The van der Waals surface area contributed by atoms with E-state index < -0.39 is 5.97 Å². The smallest absolute Gasteiger partial charge is 0.342 e. The summed E-state index contributed by atoms with van der Waals surface area (Å²) in [6.07, 6.45) is 7.86. The summed E-state index contributed by atoms with van der Waals surface area (Å²) in [6.45, 7) is 1.82. The quantitative estimate of drug-likeness (QED) is 0.453. The zero-order chi connectivity index (χ0) is 18.2. The highest BCUT2D eigenvalue weighted by molar-refractivity contribution is 5.97. The van der Waals surface area contributed by atoms with Gasteiger partial charge in [0.2, 0.25) is 0 Å². The molecule has 0 radical (unpaired) electrons. The zero-order valence-corrected chi connectivity index (χ0v) is 14.7. The maximum absolute atomic E-state index is 12.5. The number of carbonyl (C=O) groups excluding carboxylic acids is 1. The van der Waals surface area contributed by atoms with Gasteiger partial charge in [-0.3, -0.25) is 0 Å². The number of phenols is 1. The van der Waals surface area contributed by atoms with Crippen LogP contribution >= 0.6 is 0 Å². The van der Waals surface area contributed by atoms with Crippen LogP contribution in [-0.4, -0.2) is 35.2 Å². The molecule has 136 valence electrons. The molecular formula is C19H25NO5. The predicted octanol–water partition coefficient (Wildman–Crippen LogP) is 4.14. The molecule has 1 heterocycles. The minimum atomic E-state index is -0.555. The molecule has 1 aromatic rings. The number of rotatable bonds is 1. The molecule has 1 atom stereocenters. The number of methoxy groups -OCH3 is 1. The molecule has 0 fully saturated rings. The first-order chi connectivity index (χ1) is 12.0. The van der Waals surface area contributed by atoms with Crippen molar-refractivity contribution in [1.82, 2.24) is 0 Å². The number of oxime groups is 1. The first kappa shape index (κ1) is 18.8. The molecule has 6 nitrogen and oxygen atoms in total. The van der Waals surface area contributed by atoms with E-state index in [9.17, 15) is 9.90 Å². The fraction of sp³-hybridized carbons (Fsp3) is 0.474. The van der Waals surface area contributed by atoms with Crippen molar-refractivity contribution in [3.8, 4) is 11.5 Å². The number of hydrogen-bond acceptors (Lipinski definition) is 6. The van der Waals surface area contributed by atoms with Crippen LogP contribution in [0.3, 0.4) is 0 Å². The Bertz CT molecular complexity index is 666. The molecule has 0 spiro atoms. The highest BCUT2D eigenvalue weighted by Crippen LogP contribution is 2.30. The molecular weight excluding hydrogens is 322 g/mol. The van der Waals surface area contributed by atoms with Crippen molar-refractivity contribution in [2.75, 3.05) is 7.11 Å². The van der Waals surface area contributed by atoms with Crippen LogP contribution in [0.25, 0.3) is 6.08 Å². The van der Waals surface area contributed by atoms with Crippen molar-refractivity contribution in [1.29, 1.82) is 0 Å². The van der Waals surface area contributed by atoms with E-state index in [4.69, 9.17) is 14.7 Å². The highest BCUT2D eigenvalue weighted by Gasteiger charge is 2.21. The first-order valence-corrected chi connectivity index (χ1v) is 8.53. The summed E-state index contributed by atoms with van der Waals surface area (Å²) in [5, 5.41) is 22.7. The SMILES string of the molecule is COc1cc(O)c2c(c1)C=CCCC/C(=N/O)CCC[C@H](C)OC2=O. The van der Waals surface area contributed by atoms with Crippen LogP contribution in [0.5, 0.6) is 11.5 Å². The van der Waals surface area contributed by atoms with E-state index in [2.05, 4.69) is 5.16 Å². The average molecular weight is 347 g/mol. The summed E-state index contributed by atoms with van der Waals surface area (Å²) in [4.78, 5) is 12.5. The third kappa shape index (κ3) is 5.24. The van der Waals surface area contributed by atoms with Gasteiger partial charge in [-0.2, -0.15) is 0 Å². The number of ether oxygens (including phenoxy) is 2. The van der Waals surface area contributed by atoms with Crippen molar-refractivity contribution >= 4 is 17.8 Å². The summed E-state index contributed by atoms with van der Waals surface area (Å²) >= 11 is 0. The molecule has 0 saturated heterocycles. The topological polar surface area (TPSA) is 88.3 Å². The summed E-state index contributed by atoms with van der Waals surface area (Å²) in [7, 11) is 1.50. The number of esters is 1. The second-order valence-electron chi connectivity index (χ2n) is 6.18. The molecule has 25 heavy (non-hydrogen) atoms. The number of phenolic OH excluding ortho intramolecular Hbond substituents is 1. The van der Waals surface area contributed by atoms with Gasteiger partial charge >= 0.3 is 5.97 Å². The van der Waals surface area contributed by atoms with E-state index in [-0.39, 0.29) is 17.4 Å². The van der Waals surface area contributed by atoms with Crippen molar-refractivity contribution in [3.05, 3.63) is 29.3 Å². The molecule has 1 aliphatic heterocycles. The van der Waals surface area contributed by atoms with Crippen molar-refractivity contribution in [2.45, 2.75) is 51.6 Å². The molecule has 2 N–H and O–H groups in total. The molecule has 1 aliphatic rings. The fourth-order valence-electron chi connectivity index (χ4n) is 2.85. The van der Waals surface area contributed by atoms with E-state index in [0.717, 1.165) is 31.4 Å². The molecule has 2 rings (SSSR count). The number of aromatic hydroxyl groups is 1. The summed E-state index contributed by atoms with van der Waals surface area (Å²) in [5.41, 5.74) is 1.48. The van der Waals surface area contributed by atoms with E-state index in [1.54, 1.807) is 12.1 Å². The van der Waals surface area contributed by atoms with Gasteiger partial charge in [0.05, 0.1) is 18.9 Å². The minimum Gasteiger partial charge on any atom is -0.507 e. The van der Waals surface area contributed by atoms with E-state index >= 15 is 0 Å². The summed E-state index contributed by atoms with van der Waals surface area (Å²) < 4.78 is 10.6. The van der Waals surface area contributed by atoms with Gasteiger partial charge < -0.3 is 19.8 Å². The van der Waals surface area contributed by atoms with E-state index in [1.165, 1.54) is 13.2 Å². The van der Waals surface area contributed by atoms with Gasteiger partial charge in [0, 0.05) is 6.07 Å². The third-order valence-electron chi connectivity index (χ3n) is 4.22. The Morgan fingerprint density at radius 2 is 2.04 bits per heavy atom. The van der Waals surface area contributed by atoms with Gasteiger partial charge in [-0.05, 0) is 57.1 Å². The van der Waals surface area contributed by atoms with E-state index in [0.29, 0.717) is 24.2 Å². The Morgan fingerprint density at radius 1 is 1.28 bits per heavy atom. The van der Waals surface area contributed by atoms with Crippen LogP contribution in [0.2, 0.25) is 0 Å². The van der Waals surface area contributed by atoms with Gasteiger partial charge in [-0.1, -0.05) is 17.3 Å². The highest BCUT2D eigenvalue weighted by atomic mass is 16.5. The number of benzene rings is 1. The Labute approximate surface area is 147 Å². The van der Waals surface area contributed by atoms with Crippen LogP contribution < -0.4 is 4.74 Å². The maximum atomic E-state index is 12.5. The molecule has 0 amide bonds. The zero-order valence-electron chi connectivity index (χ0n) is 14.7. The Balaban J connectivity index is 2.33. The Kier molecular flexibility index (Phi) is 6.86. The van der Waals surface area contributed by atoms with Crippen molar-refractivity contribution in [2.24, 2.45) is 5.16 Å². The molecule has 0 saturated carbocycles. The van der Waals surface area contributed by atoms with Gasteiger partial charge in [0.1, 0.15) is 17.1 Å². The standard InChI is InChI=1S/C19H25NO5/c1-13-7-6-10-15(20-23)9-5-3-4-8-14-11-16(24-2)12-17(21)18(14)19(22)25-13/h4,8,11-13,21,23H,3,5-7,9-10H2,1-2H3/b8-4?,20-15-/t13-/m0/s1. The number of nitrogens with zero attached hydrogens (tertiary/aromatic N) is 1. The van der Waals surface area contributed by atoms with Crippen LogP contribution in [-0.2, 0) is 4.74 Å². The lowest BCUT2D eigenvalue weighted by molar-refractivity contribution is 0.0318. The number of allylic oxidation sites excluding steroid dienone is 1. The number of carbonyl (C=O) groups is 1. The van der Waals surface area contributed by atoms with Crippen molar-refractivity contribution in [3.63, 3.8) is 0 Å². The summed E-state index contributed by atoms with van der Waals surface area (Å²) in [5.74, 6) is -0.240. The van der Waals surface area contributed by atoms with Gasteiger partial charge in [0.15, 0.2) is 0 Å². The molecule has 1 aromatic carbocycles. The number of fused-ring (bicyclic) bond motifs is 1. The molecule has 0 bridgehead atoms. The Hall–Kier alpha value is -2.50. The first-order valence-electron chi connectivity index (χ1n) is 8.53. The lowest BCUT2D eigenvalue weighted by Crippen LogP contribution is -2.17. The number of hydrogen-bond donors (Lipinski definition) is 2. The van der Waals surface area contributed by atoms with Gasteiger partial charge in [-0.15, -0.1) is 0 Å². The van der Waals surface area contributed by atoms with Gasteiger partial charge in [0.25, 0.3) is 0 Å². The minimum absolute atomic E-state index is 0.151. The molecule has 0 aromatic heterocycles. The predicted molar refractivity (Wildman–Crippen MR) is 95.5 cm³/mol. The molecule has 0 unspecified atom stereocenters.